The lowest BCUT2D eigenvalue weighted by molar-refractivity contribution is -0.137. The number of fused-ring (bicyclic) bond motifs is 1. The summed E-state index contributed by atoms with van der Waals surface area (Å²) in [5.41, 5.74) is 3.34. The molecule has 4 N–H and O–H groups in total. The van der Waals surface area contributed by atoms with Gasteiger partial charge in [-0.3, -0.25) is 5.10 Å². The third-order valence-electron chi connectivity index (χ3n) is 5.19. The van der Waals surface area contributed by atoms with Gasteiger partial charge in [0.1, 0.15) is 5.69 Å². The van der Waals surface area contributed by atoms with Gasteiger partial charge in [-0.05, 0) is 48.5 Å². The van der Waals surface area contributed by atoms with E-state index in [0.717, 1.165) is 34.4 Å². The van der Waals surface area contributed by atoms with Crippen LogP contribution in [0.4, 0.5) is 29.3 Å². The molecule has 3 aromatic carbocycles. The van der Waals surface area contributed by atoms with E-state index in [2.05, 4.69) is 30.8 Å². The first-order valence-corrected chi connectivity index (χ1v) is 10.7. The maximum absolute atomic E-state index is 13.0. The first-order valence-electron chi connectivity index (χ1n) is 10.3. The quantitative estimate of drug-likeness (QED) is 0.217. The molecular formula is C24H16ClF3N6O. The lowest BCUT2D eigenvalue weighted by Gasteiger charge is -2.12. The molecule has 0 aliphatic rings. The van der Waals surface area contributed by atoms with Gasteiger partial charge in [0.05, 0.1) is 27.3 Å². The van der Waals surface area contributed by atoms with E-state index in [1.165, 1.54) is 6.07 Å². The number of aromatic nitrogens is 4. The van der Waals surface area contributed by atoms with Crippen LogP contribution in [0, 0.1) is 0 Å². The van der Waals surface area contributed by atoms with Crippen molar-refractivity contribution in [2.75, 3.05) is 10.6 Å². The van der Waals surface area contributed by atoms with Crippen LogP contribution in [-0.4, -0.2) is 26.2 Å². The van der Waals surface area contributed by atoms with E-state index in [4.69, 9.17) is 11.6 Å². The Kier molecular flexibility index (Phi) is 5.65. The minimum atomic E-state index is -4.63. The van der Waals surface area contributed by atoms with E-state index in [1.807, 2.05) is 30.3 Å². The predicted octanol–water partition coefficient (Wildman–Crippen LogP) is 6.94. The summed E-state index contributed by atoms with van der Waals surface area (Å²) in [5.74, 6) is 0.663. The summed E-state index contributed by atoms with van der Waals surface area (Å²) in [6.45, 7) is 0. The average Bonchev–Trinajstić information content (AvgIpc) is 3.47. The number of hydrogen-bond donors (Lipinski definition) is 4. The van der Waals surface area contributed by atoms with Gasteiger partial charge in [0.2, 0.25) is 0 Å². The number of halogens is 4. The molecule has 2 aromatic heterocycles. The summed E-state index contributed by atoms with van der Waals surface area (Å²) in [5, 5.41) is 11.8. The summed E-state index contributed by atoms with van der Waals surface area (Å²) in [4.78, 5) is 20.0. The van der Waals surface area contributed by atoms with Crippen molar-refractivity contribution in [2.24, 2.45) is 0 Å². The monoisotopic (exact) mass is 496 g/mol. The van der Waals surface area contributed by atoms with Crippen molar-refractivity contribution in [3.8, 4) is 22.8 Å². The molecule has 0 bridgehead atoms. The van der Waals surface area contributed by atoms with Gasteiger partial charge < -0.3 is 15.6 Å². The summed E-state index contributed by atoms with van der Waals surface area (Å²) in [6.07, 6.45) is -4.63. The number of hydrogen-bond acceptors (Lipinski definition) is 3. The molecule has 0 atom stereocenters. The van der Waals surface area contributed by atoms with E-state index >= 15 is 0 Å². The number of anilines is 2. The summed E-state index contributed by atoms with van der Waals surface area (Å²) in [7, 11) is 0. The number of carbonyl (C=O) groups excluding carboxylic acids is 1. The van der Waals surface area contributed by atoms with Crippen LogP contribution in [0.1, 0.15) is 5.56 Å². The molecule has 11 heteroatoms. The molecule has 0 radical (unpaired) electrons. The van der Waals surface area contributed by atoms with E-state index < -0.39 is 22.8 Å². The number of nitrogens with one attached hydrogen (secondary N) is 4. The highest BCUT2D eigenvalue weighted by molar-refractivity contribution is 6.31. The molecule has 0 fully saturated rings. The fraction of sp³-hybridized carbons (Fsp3) is 0.0417. The van der Waals surface area contributed by atoms with Gasteiger partial charge >= 0.3 is 12.2 Å². The van der Waals surface area contributed by atoms with Crippen molar-refractivity contribution in [1.29, 1.82) is 0 Å². The zero-order valence-electron chi connectivity index (χ0n) is 17.7. The highest BCUT2D eigenvalue weighted by Crippen LogP contribution is 2.36. The smallest absolute Gasteiger partial charge is 0.337 e. The van der Waals surface area contributed by atoms with Gasteiger partial charge in [-0.15, -0.1) is 0 Å². The number of carbonyl (C=O) groups is 1. The number of nitrogens with zero attached hydrogens (tertiary/aromatic N) is 2. The normalized spacial score (nSPS) is 11.5. The van der Waals surface area contributed by atoms with Crippen LogP contribution in [0.5, 0.6) is 0 Å². The van der Waals surface area contributed by atoms with Gasteiger partial charge in [0.25, 0.3) is 0 Å². The molecule has 0 aliphatic heterocycles. The van der Waals surface area contributed by atoms with Crippen molar-refractivity contribution in [2.45, 2.75) is 6.18 Å². The zero-order valence-corrected chi connectivity index (χ0v) is 18.5. The van der Waals surface area contributed by atoms with Crippen molar-refractivity contribution in [3.63, 3.8) is 0 Å². The first kappa shape index (κ1) is 22.5. The zero-order chi connectivity index (χ0) is 24.6. The van der Waals surface area contributed by atoms with Crippen LogP contribution in [0.2, 0.25) is 5.02 Å². The second kappa shape index (κ2) is 8.80. The van der Waals surface area contributed by atoms with Gasteiger partial charge in [0, 0.05) is 16.9 Å². The lowest BCUT2D eigenvalue weighted by Crippen LogP contribution is -2.19. The maximum atomic E-state index is 13.0. The first-order chi connectivity index (χ1) is 16.8. The van der Waals surface area contributed by atoms with Crippen LogP contribution in [-0.2, 0) is 6.18 Å². The molecule has 0 spiro atoms. The SMILES string of the molecule is O=C(Nc1ccc(-c2cc(-c3nc4ccccc4[nH]3)[nH]n2)cc1)Nc1ccc(Cl)c(C(F)(F)F)c1. The van der Waals surface area contributed by atoms with Crippen LogP contribution < -0.4 is 10.6 Å². The van der Waals surface area contributed by atoms with Crippen LogP contribution in [0.15, 0.2) is 72.8 Å². The number of H-pyrrole nitrogens is 2. The Morgan fingerprint density at radius 1 is 0.914 bits per heavy atom. The fourth-order valence-corrected chi connectivity index (χ4v) is 3.73. The van der Waals surface area contributed by atoms with Crippen LogP contribution in [0.25, 0.3) is 33.8 Å². The van der Waals surface area contributed by atoms with Crippen molar-refractivity contribution < 1.29 is 18.0 Å². The van der Waals surface area contributed by atoms with E-state index in [-0.39, 0.29) is 5.69 Å². The molecule has 2 amide bonds. The molecule has 5 rings (SSSR count). The molecule has 0 saturated heterocycles. The minimum absolute atomic E-state index is 0.0366. The molecule has 0 unspecified atom stereocenters. The number of benzene rings is 3. The van der Waals surface area contributed by atoms with Crippen molar-refractivity contribution in [1.82, 2.24) is 20.2 Å². The Hall–Kier alpha value is -4.31. The van der Waals surface area contributed by atoms with Crippen molar-refractivity contribution in [3.05, 3.63) is 83.4 Å². The Bertz CT molecular complexity index is 1490. The van der Waals surface area contributed by atoms with E-state index in [0.29, 0.717) is 17.2 Å². The molecule has 7 nitrogen and oxygen atoms in total. The Morgan fingerprint density at radius 3 is 2.37 bits per heavy atom. The molecule has 35 heavy (non-hydrogen) atoms. The molecular weight excluding hydrogens is 481 g/mol. The Balaban J connectivity index is 1.26. The summed E-state index contributed by atoms with van der Waals surface area (Å²) >= 11 is 5.61. The molecule has 5 aromatic rings. The molecule has 2 heterocycles. The third kappa shape index (κ3) is 4.82. The van der Waals surface area contributed by atoms with Crippen LogP contribution in [0.3, 0.4) is 0 Å². The van der Waals surface area contributed by atoms with Gasteiger partial charge in [-0.25, -0.2) is 9.78 Å². The number of urea groups is 1. The van der Waals surface area contributed by atoms with E-state index in [1.54, 1.807) is 24.3 Å². The molecule has 0 saturated carbocycles. The number of rotatable bonds is 4. The average molecular weight is 497 g/mol. The second-order valence-electron chi connectivity index (χ2n) is 7.62. The highest BCUT2D eigenvalue weighted by atomic mass is 35.5. The number of alkyl halides is 3. The molecule has 0 aliphatic carbocycles. The van der Waals surface area contributed by atoms with Gasteiger partial charge in [0.15, 0.2) is 5.82 Å². The number of imidazole rings is 1. The maximum Gasteiger partial charge on any atom is 0.417 e. The summed E-state index contributed by atoms with van der Waals surface area (Å²) < 4.78 is 39.0. The largest absolute Gasteiger partial charge is 0.417 e. The third-order valence-corrected chi connectivity index (χ3v) is 5.52. The fourth-order valence-electron chi connectivity index (χ4n) is 3.51. The number of amides is 2. The van der Waals surface area contributed by atoms with Gasteiger partial charge in [-0.2, -0.15) is 18.3 Å². The summed E-state index contributed by atoms with van der Waals surface area (Å²) in [6, 6.07) is 18.8. The van der Waals surface area contributed by atoms with Crippen LogP contribution >= 0.6 is 11.6 Å². The lowest BCUT2D eigenvalue weighted by atomic mass is 10.1. The minimum Gasteiger partial charge on any atom is -0.337 e. The predicted molar refractivity (Wildman–Crippen MR) is 128 cm³/mol. The standard InChI is InChI=1S/C24H16ClF3N6O/c25-17-10-9-15(11-16(17)24(26,27)28)30-23(35)29-14-7-5-13(6-8-14)20-12-21(34-33-20)22-31-18-3-1-2-4-19(18)32-22/h1-12H,(H,31,32)(H,33,34)(H2,29,30,35). The van der Waals surface area contributed by atoms with E-state index in [9.17, 15) is 18.0 Å². The van der Waals surface area contributed by atoms with Gasteiger partial charge in [-0.1, -0.05) is 35.9 Å². The molecule has 176 valence electrons. The Morgan fingerprint density at radius 2 is 1.63 bits per heavy atom. The highest BCUT2D eigenvalue weighted by Gasteiger charge is 2.33. The van der Waals surface area contributed by atoms with Crippen molar-refractivity contribution >= 4 is 40.0 Å². The second-order valence-corrected chi connectivity index (χ2v) is 8.03. The Labute approximate surface area is 201 Å². The number of aromatic amines is 2. The topological polar surface area (TPSA) is 98.5 Å². The number of para-hydroxylation sites is 2.